The quantitative estimate of drug-likeness (QED) is 0.774. The number of halogens is 1. The Hall–Kier alpha value is -2.71. The number of anilines is 1. The highest BCUT2D eigenvalue weighted by atomic mass is 19.1. The predicted octanol–water partition coefficient (Wildman–Crippen LogP) is 3.59. The van der Waals surface area contributed by atoms with Crippen molar-refractivity contribution < 1.29 is 9.18 Å². The second kappa shape index (κ2) is 8.95. The molecule has 25 heavy (non-hydrogen) atoms. The second-order valence-corrected chi connectivity index (χ2v) is 5.95. The summed E-state index contributed by atoms with van der Waals surface area (Å²) in [6, 6.07) is 17.4. The normalized spacial score (nSPS) is 11.8. The first-order valence-electron chi connectivity index (χ1n) is 8.21. The van der Waals surface area contributed by atoms with Gasteiger partial charge in [-0.1, -0.05) is 30.3 Å². The number of carbonyl (C=O) groups is 1. The van der Waals surface area contributed by atoms with E-state index in [0.717, 1.165) is 5.56 Å². The van der Waals surface area contributed by atoms with E-state index in [2.05, 4.69) is 6.07 Å². The molecular formula is C20H22FN3O. The fourth-order valence-electron chi connectivity index (χ4n) is 2.57. The van der Waals surface area contributed by atoms with Gasteiger partial charge in [-0.15, -0.1) is 0 Å². The minimum atomic E-state index is -0.371. The van der Waals surface area contributed by atoms with Gasteiger partial charge in [-0.3, -0.25) is 9.69 Å². The average molecular weight is 339 g/mol. The third-order valence-electron chi connectivity index (χ3n) is 4.14. The molecule has 0 aliphatic heterocycles. The molecule has 0 N–H and O–H groups in total. The van der Waals surface area contributed by atoms with Crippen LogP contribution in [0.1, 0.15) is 18.9 Å². The predicted molar refractivity (Wildman–Crippen MR) is 96.4 cm³/mol. The van der Waals surface area contributed by atoms with Gasteiger partial charge in [-0.05, 0) is 43.8 Å². The van der Waals surface area contributed by atoms with Gasteiger partial charge < -0.3 is 4.90 Å². The van der Waals surface area contributed by atoms with Crippen molar-refractivity contribution in [2.45, 2.75) is 25.9 Å². The van der Waals surface area contributed by atoms with Crippen LogP contribution in [0.3, 0.4) is 0 Å². The van der Waals surface area contributed by atoms with E-state index in [0.29, 0.717) is 12.2 Å². The first-order valence-corrected chi connectivity index (χ1v) is 8.21. The Morgan fingerprint density at radius 1 is 1.16 bits per heavy atom. The molecular weight excluding hydrogens is 317 g/mol. The maximum absolute atomic E-state index is 13.2. The number of benzene rings is 2. The number of hydrogen-bond donors (Lipinski definition) is 0. The number of carbonyl (C=O) groups excluding carboxylic acids is 1. The van der Waals surface area contributed by atoms with Crippen molar-refractivity contribution in [2.75, 3.05) is 18.5 Å². The number of nitrogens with zero attached hydrogens (tertiary/aromatic N) is 3. The standard InChI is InChI=1S/C20H22FN3O/c1-16(23(2)15-17-7-4-3-5-8-17)20(25)24(14-6-13-22)19-11-9-18(21)10-12-19/h3-5,7-12,16H,6,14-15H2,1-2H3. The largest absolute Gasteiger partial charge is 0.310 e. The number of amides is 1. The molecule has 1 atom stereocenters. The molecule has 0 fully saturated rings. The molecule has 0 bridgehead atoms. The summed E-state index contributed by atoms with van der Waals surface area (Å²) < 4.78 is 13.2. The van der Waals surface area contributed by atoms with Crippen LogP contribution in [0.5, 0.6) is 0 Å². The molecule has 1 unspecified atom stereocenters. The van der Waals surface area contributed by atoms with Crippen molar-refractivity contribution in [2.24, 2.45) is 0 Å². The van der Waals surface area contributed by atoms with Crippen LogP contribution in [0, 0.1) is 17.1 Å². The maximum atomic E-state index is 13.2. The lowest BCUT2D eigenvalue weighted by molar-refractivity contribution is -0.123. The van der Waals surface area contributed by atoms with Crippen LogP contribution in [0.25, 0.3) is 0 Å². The Morgan fingerprint density at radius 3 is 2.40 bits per heavy atom. The summed E-state index contributed by atoms with van der Waals surface area (Å²) in [5, 5.41) is 8.87. The third-order valence-corrected chi connectivity index (χ3v) is 4.14. The molecule has 1 amide bonds. The molecule has 0 aromatic heterocycles. The van der Waals surface area contributed by atoms with Gasteiger partial charge in [0.25, 0.3) is 0 Å². The minimum absolute atomic E-state index is 0.111. The van der Waals surface area contributed by atoms with E-state index < -0.39 is 0 Å². The van der Waals surface area contributed by atoms with Gasteiger partial charge in [0.2, 0.25) is 5.91 Å². The summed E-state index contributed by atoms with van der Waals surface area (Å²) in [6.07, 6.45) is 0.220. The molecule has 0 aliphatic rings. The van der Waals surface area contributed by atoms with E-state index in [-0.39, 0.29) is 30.7 Å². The zero-order valence-electron chi connectivity index (χ0n) is 14.5. The highest BCUT2D eigenvalue weighted by Crippen LogP contribution is 2.18. The molecule has 0 saturated carbocycles. The van der Waals surface area contributed by atoms with Crippen molar-refractivity contribution in [1.29, 1.82) is 5.26 Å². The summed E-state index contributed by atoms with van der Waals surface area (Å²) in [5.41, 5.74) is 1.72. The van der Waals surface area contributed by atoms with Crippen LogP contribution in [-0.4, -0.2) is 30.4 Å². The summed E-state index contributed by atoms with van der Waals surface area (Å²) >= 11 is 0. The molecule has 130 valence electrons. The van der Waals surface area contributed by atoms with Crippen LogP contribution in [0.4, 0.5) is 10.1 Å². The van der Waals surface area contributed by atoms with E-state index in [9.17, 15) is 9.18 Å². The highest BCUT2D eigenvalue weighted by molar-refractivity contribution is 5.96. The lowest BCUT2D eigenvalue weighted by Gasteiger charge is -2.30. The average Bonchev–Trinajstić information content (AvgIpc) is 2.63. The first-order chi connectivity index (χ1) is 12.0. The fraction of sp³-hybridized carbons (Fsp3) is 0.300. The van der Waals surface area contributed by atoms with Crippen molar-refractivity contribution in [1.82, 2.24) is 4.90 Å². The molecule has 0 aliphatic carbocycles. The number of likely N-dealkylation sites (N-methyl/N-ethyl adjacent to an activating group) is 1. The Morgan fingerprint density at radius 2 is 1.80 bits per heavy atom. The van der Waals surface area contributed by atoms with Crippen LogP contribution < -0.4 is 4.90 Å². The molecule has 0 heterocycles. The van der Waals surface area contributed by atoms with Crippen LogP contribution in [0.2, 0.25) is 0 Å². The van der Waals surface area contributed by atoms with Crippen molar-refractivity contribution in [3.63, 3.8) is 0 Å². The second-order valence-electron chi connectivity index (χ2n) is 5.95. The van der Waals surface area contributed by atoms with Crippen LogP contribution in [0.15, 0.2) is 54.6 Å². The van der Waals surface area contributed by atoms with Gasteiger partial charge >= 0.3 is 0 Å². The third kappa shape index (κ3) is 5.13. The van der Waals surface area contributed by atoms with E-state index in [1.165, 1.54) is 12.1 Å². The molecule has 0 radical (unpaired) electrons. The Labute approximate surface area is 148 Å². The van der Waals surface area contributed by atoms with Gasteiger partial charge in [-0.2, -0.15) is 5.26 Å². The van der Waals surface area contributed by atoms with Crippen molar-refractivity contribution in [3.05, 3.63) is 66.0 Å². The lowest BCUT2D eigenvalue weighted by atomic mass is 10.1. The molecule has 2 aromatic rings. The van der Waals surface area contributed by atoms with Gasteiger partial charge in [0.05, 0.1) is 18.5 Å². The van der Waals surface area contributed by atoms with E-state index >= 15 is 0 Å². The molecule has 2 rings (SSSR count). The highest BCUT2D eigenvalue weighted by Gasteiger charge is 2.25. The van der Waals surface area contributed by atoms with Crippen LogP contribution >= 0.6 is 0 Å². The van der Waals surface area contributed by atoms with Crippen molar-refractivity contribution in [3.8, 4) is 6.07 Å². The Kier molecular flexibility index (Phi) is 6.67. The Balaban J connectivity index is 2.14. The van der Waals surface area contributed by atoms with Crippen LogP contribution in [-0.2, 0) is 11.3 Å². The number of hydrogen-bond acceptors (Lipinski definition) is 3. The van der Waals surface area contributed by atoms with E-state index in [1.807, 2.05) is 49.2 Å². The molecule has 5 heteroatoms. The maximum Gasteiger partial charge on any atom is 0.244 e. The lowest BCUT2D eigenvalue weighted by Crippen LogP contribution is -2.46. The molecule has 0 spiro atoms. The van der Waals surface area contributed by atoms with E-state index in [4.69, 9.17) is 5.26 Å². The number of nitriles is 1. The van der Waals surface area contributed by atoms with Gasteiger partial charge in [0.15, 0.2) is 0 Å². The monoisotopic (exact) mass is 339 g/mol. The fourth-order valence-corrected chi connectivity index (χ4v) is 2.57. The summed E-state index contributed by atoms with van der Waals surface area (Å²) in [4.78, 5) is 16.5. The smallest absolute Gasteiger partial charge is 0.244 e. The van der Waals surface area contributed by atoms with Gasteiger partial charge in [-0.25, -0.2) is 4.39 Å². The molecule has 4 nitrogen and oxygen atoms in total. The first kappa shape index (κ1) is 18.6. The molecule has 0 saturated heterocycles. The van der Waals surface area contributed by atoms with E-state index in [1.54, 1.807) is 17.0 Å². The topological polar surface area (TPSA) is 47.3 Å². The van der Waals surface area contributed by atoms with Crippen molar-refractivity contribution >= 4 is 11.6 Å². The summed E-state index contributed by atoms with van der Waals surface area (Å²) in [7, 11) is 1.89. The summed E-state index contributed by atoms with van der Waals surface area (Å²) in [6.45, 7) is 2.77. The number of rotatable bonds is 7. The van der Waals surface area contributed by atoms with Gasteiger partial charge in [0.1, 0.15) is 5.82 Å². The van der Waals surface area contributed by atoms with Gasteiger partial charge in [0, 0.05) is 18.8 Å². The molecule has 2 aromatic carbocycles. The zero-order chi connectivity index (χ0) is 18.2. The minimum Gasteiger partial charge on any atom is -0.310 e. The Bertz CT molecular complexity index is 725. The summed E-state index contributed by atoms with van der Waals surface area (Å²) in [5.74, 6) is -0.467. The SMILES string of the molecule is CC(C(=O)N(CCC#N)c1ccc(F)cc1)N(C)Cc1ccccc1. The zero-order valence-corrected chi connectivity index (χ0v) is 14.5.